The van der Waals surface area contributed by atoms with Gasteiger partial charge in [-0.1, -0.05) is 179 Å². The average Bonchev–Trinajstić information content (AvgIpc) is 3.78. The molecule has 260 valence electrons. The van der Waals surface area contributed by atoms with Gasteiger partial charge in [-0.3, -0.25) is 0 Å². The molecule has 3 aliphatic carbocycles. The van der Waals surface area contributed by atoms with Crippen LogP contribution in [0.3, 0.4) is 0 Å². The molecule has 0 saturated carbocycles. The van der Waals surface area contributed by atoms with E-state index >= 15 is 0 Å². The van der Waals surface area contributed by atoms with Gasteiger partial charge in [-0.2, -0.15) is 0 Å². The molecular weight excluding hydrogens is 651 g/mol. The van der Waals surface area contributed by atoms with Gasteiger partial charge in [0.1, 0.15) is 0 Å². The van der Waals surface area contributed by atoms with Crippen molar-refractivity contribution in [3.05, 3.63) is 221 Å². The number of anilines is 3. The summed E-state index contributed by atoms with van der Waals surface area (Å²) in [7, 11) is 0. The van der Waals surface area contributed by atoms with E-state index in [9.17, 15) is 0 Å². The molecule has 0 saturated heterocycles. The molecule has 8 aromatic carbocycles. The largest absolute Gasteiger partial charge is 0.310 e. The van der Waals surface area contributed by atoms with E-state index in [0.29, 0.717) is 0 Å². The van der Waals surface area contributed by atoms with E-state index in [0.717, 1.165) is 11.4 Å². The second-order valence-electron chi connectivity index (χ2n) is 15.2. The Hall–Kier alpha value is -6.44. The molecule has 0 heterocycles. The molecule has 0 bridgehead atoms. The minimum absolute atomic E-state index is 0. The maximum atomic E-state index is 2.51. The van der Waals surface area contributed by atoms with Crippen molar-refractivity contribution in [1.82, 2.24) is 0 Å². The van der Waals surface area contributed by atoms with Crippen molar-refractivity contribution < 1.29 is 1.43 Å². The first kappa shape index (κ1) is 32.2. The lowest BCUT2D eigenvalue weighted by Gasteiger charge is -2.32. The molecule has 54 heavy (non-hydrogen) atoms. The van der Waals surface area contributed by atoms with Gasteiger partial charge in [0.25, 0.3) is 0 Å². The van der Waals surface area contributed by atoms with Crippen molar-refractivity contribution in [2.45, 2.75) is 32.1 Å². The Morgan fingerprint density at radius 2 is 0.833 bits per heavy atom. The molecule has 3 aliphatic rings. The summed E-state index contributed by atoms with van der Waals surface area (Å²) in [6.07, 6.45) is 0. The van der Waals surface area contributed by atoms with Gasteiger partial charge < -0.3 is 4.90 Å². The van der Waals surface area contributed by atoms with Crippen molar-refractivity contribution >= 4 is 17.1 Å². The van der Waals surface area contributed by atoms with E-state index in [1.807, 2.05) is 0 Å². The number of fused-ring (bicyclic) bond motifs is 13. The van der Waals surface area contributed by atoms with Gasteiger partial charge in [0.05, 0.1) is 11.1 Å². The van der Waals surface area contributed by atoms with Crippen LogP contribution in [0.25, 0.3) is 44.5 Å². The minimum Gasteiger partial charge on any atom is -0.310 e. The standard InChI is InChI=1S/C52H37N.CH4.H2/c1-51(2)43-21-10-6-17-38(43)41-32-31-37(33-48(41)51)53(36-29-27-35(28-30-36)34-15-4-3-5-16-34)49-26-14-25-47-50(49)42-20-9-13-24-46(42)52(47)44-22-11-7-18-39(44)40-19-8-12-23-45(40)52;;/h3-33H,1-2H3;1H4;1H. The summed E-state index contributed by atoms with van der Waals surface area (Å²) in [5.74, 6) is 0. The third-order valence-electron chi connectivity index (χ3n) is 12.3. The number of rotatable bonds is 4. The van der Waals surface area contributed by atoms with Gasteiger partial charge in [0.15, 0.2) is 0 Å². The van der Waals surface area contributed by atoms with Crippen LogP contribution in [0.2, 0.25) is 0 Å². The van der Waals surface area contributed by atoms with Crippen LogP contribution in [-0.4, -0.2) is 0 Å². The SMILES string of the molecule is C.CC1(C)c2ccccc2-c2ccc(N(c3ccc(-c4ccccc4)cc3)c3cccc4c3-c3ccccc3C43c4ccccc4-c4ccccc43)cc21.[HH]. The number of hydrogen-bond donors (Lipinski definition) is 0. The van der Waals surface area contributed by atoms with Gasteiger partial charge in [0.2, 0.25) is 0 Å². The third-order valence-corrected chi connectivity index (χ3v) is 12.3. The third kappa shape index (κ3) is 4.21. The Morgan fingerprint density at radius 1 is 0.370 bits per heavy atom. The van der Waals surface area contributed by atoms with Crippen LogP contribution in [0.5, 0.6) is 0 Å². The van der Waals surface area contributed by atoms with Crippen molar-refractivity contribution in [3.63, 3.8) is 0 Å². The van der Waals surface area contributed by atoms with Gasteiger partial charge in [-0.25, -0.2) is 0 Å². The van der Waals surface area contributed by atoms with Crippen LogP contribution in [0.4, 0.5) is 17.1 Å². The fourth-order valence-corrected chi connectivity index (χ4v) is 10.0. The first-order valence-corrected chi connectivity index (χ1v) is 18.7. The van der Waals surface area contributed by atoms with Gasteiger partial charge >= 0.3 is 0 Å². The predicted octanol–water partition coefficient (Wildman–Crippen LogP) is 14.4. The Morgan fingerprint density at radius 3 is 1.48 bits per heavy atom. The van der Waals surface area contributed by atoms with Crippen LogP contribution in [0, 0.1) is 0 Å². The van der Waals surface area contributed by atoms with Crippen molar-refractivity contribution in [1.29, 1.82) is 0 Å². The maximum absolute atomic E-state index is 2.51. The molecule has 0 fully saturated rings. The van der Waals surface area contributed by atoms with Crippen LogP contribution in [-0.2, 0) is 10.8 Å². The molecule has 0 aromatic heterocycles. The molecule has 11 rings (SSSR count). The van der Waals surface area contributed by atoms with E-state index in [1.54, 1.807) is 0 Å². The molecule has 0 radical (unpaired) electrons. The topological polar surface area (TPSA) is 3.24 Å². The molecule has 0 atom stereocenters. The predicted molar refractivity (Wildman–Crippen MR) is 229 cm³/mol. The lowest BCUT2D eigenvalue weighted by atomic mass is 9.70. The molecule has 8 aromatic rings. The van der Waals surface area contributed by atoms with Gasteiger partial charge in [-0.15, -0.1) is 0 Å². The lowest BCUT2D eigenvalue weighted by molar-refractivity contribution is 0.660. The van der Waals surface area contributed by atoms with Crippen LogP contribution >= 0.6 is 0 Å². The highest BCUT2D eigenvalue weighted by molar-refractivity contribution is 6.01. The van der Waals surface area contributed by atoms with Crippen molar-refractivity contribution in [2.75, 3.05) is 4.90 Å². The summed E-state index contributed by atoms with van der Waals surface area (Å²) in [6, 6.07) is 70.1. The van der Waals surface area contributed by atoms with E-state index < -0.39 is 5.41 Å². The average molecular weight is 694 g/mol. The zero-order valence-electron chi connectivity index (χ0n) is 29.8. The Bertz CT molecular complexity index is 2710. The van der Waals surface area contributed by atoms with Crippen LogP contribution < -0.4 is 4.90 Å². The fraction of sp³-hybridized carbons (Fsp3) is 0.0943. The highest BCUT2D eigenvalue weighted by atomic mass is 15.1. The first-order chi connectivity index (χ1) is 26.1. The molecule has 1 heteroatoms. The van der Waals surface area contributed by atoms with Gasteiger partial charge in [0, 0.05) is 23.8 Å². The minimum atomic E-state index is -0.403. The number of nitrogens with zero attached hydrogens (tertiary/aromatic N) is 1. The molecule has 0 unspecified atom stereocenters. The lowest BCUT2D eigenvalue weighted by Crippen LogP contribution is -2.26. The van der Waals surface area contributed by atoms with E-state index in [2.05, 4.69) is 207 Å². The summed E-state index contributed by atoms with van der Waals surface area (Å²) < 4.78 is 0. The van der Waals surface area contributed by atoms with Crippen molar-refractivity contribution in [3.8, 4) is 44.5 Å². The van der Waals surface area contributed by atoms with E-state index in [-0.39, 0.29) is 14.3 Å². The quantitative estimate of drug-likeness (QED) is 0.177. The smallest absolute Gasteiger partial charge is 0.0726 e. The van der Waals surface area contributed by atoms with Crippen LogP contribution in [0.1, 0.15) is 56.1 Å². The van der Waals surface area contributed by atoms with Gasteiger partial charge in [-0.05, 0) is 103 Å². The highest BCUT2D eigenvalue weighted by Crippen LogP contribution is 2.64. The Labute approximate surface area is 320 Å². The molecule has 0 amide bonds. The Balaban J connectivity index is 0.00000198. The molecule has 1 nitrogen and oxygen atoms in total. The summed E-state index contributed by atoms with van der Waals surface area (Å²) >= 11 is 0. The zero-order valence-corrected chi connectivity index (χ0v) is 29.8. The first-order valence-electron chi connectivity index (χ1n) is 18.7. The summed E-state index contributed by atoms with van der Waals surface area (Å²) in [4.78, 5) is 2.51. The summed E-state index contributed by atoms with van der Waals surface area (Å²) in [5.41, 5.74) is 21.5. The summed E-state index contributed by atoms with van der Waals surface area (Å²) in [5, 5.41) is 0. The monoisotopic (exact) mass is 693 g/mol. The Kier molecular flexibility index (Phi) is 7.03. The second kappa shape index (κ2) is 11.8. The molecule has 1 spiro atoms. The normalized spacial score (nSPS) is 14.3. The highest BCUT2D eigenvalue weighted by Gasteiger charge is 2.52. The number of benzene rings is 8. The maximum Gasteiger partial charge on any atom is 0.0726 e. The van der Waals surface area contributed by atoms with Crippen LogP contribution in [0.15, 0.2) is 188 Å². The zero-order chi connectivity index (χ0) is 35.3. The second-order valence-corrected chi connectivity index (χ2v) is 15.2. The summed E-state index contributed by atoms with van der Waals surface area (Å²) in [6.45, 7) is 4.74. The molecule has 0 N–H and O–H groups in total. The van der Waals surface area contributed by atoms with E-state index in [1.165, 1.54) is 83.6 Å². The fourth-order valence-electron chi connectivity index (χ4n) is 10.0. The van der Waals surface area contributed by atoms with Crippen molar-refractivity contribution in [2.24, 2.45) is 0 Å². The molecular formula is C53H43N. The molecule has 0 aliphatic heterocycles. The number of hydrogen-bond acceptors (Lipinski definition) is 1. The van der Waals surface area contributed by atoms with E-state index in [4.69, 9.17) is 0 Å².